The molecule has 6 heteroatoms. The first-order valence-electron chi connectivity index (χ1n) is 6.80. The first-order valence-corrected chi connectivity index (χ1v) is 6.80. The number of methoxy groups -OCH3 is 1. The lowest BCUT2D eigenvalue weighted by Gasteiger charge is -2.22. The summed E-state index contributed by atoms with van der Waals surface area (Å²) < 4.78 is 9.88. The van der Waals surface area contributed by atoms with Crippen LogP contribution in [0.1, 0.15) is 22.8 Å². The molecule has 0 aromatic heterocycles. The normalized spacial score (nSPS) is 10.2. The molecule has 0 heterocycles. The predicted octanol–water partition coefficient (Wildman–Crippen LogP) is 1.23. The fraction of sp³-hybridized carbons (Fsp3) is 0.467. The first kappa shape index (κ1) is 17.0. The van der Waals surface area contributed by atoms with Gasteiger partial charge in [-0.1, -0.05) is 6.07 Å². The van der Waals surface area contributed by atoms with E-state index in [2.05, 4.69) is 0 Å². The number of hydrogen-bond donors (Lipinski definition) is 1. The molecule has 1 aromatic rings. The molecular weight excluding hydrogens is 272 g/mol. The third-order valence-electron chi connectivity index (χ3n) is 3.08. The lowest BCUT2D eigenvalue weighted by Crippen LogP contribution is -2.39. The van der Waals surface area contributed by atoms with E-state index >= 15 is 0 Å². The maximum Gasteiger partial charge on any atom is 0.325 e. The highest BCUT2D eigenvalue weighted by Crippen LogP contribution is 2.17. The molecule has 0 aliphatic rings. The molecule has 0 aliphatic carbocycles. The van der Waals surface area contributed by atoms with Gasteiger partial charge in [-0.25, -0.2) is 0 Å². The summed E-state index contributed by atoms with van der Waals surface area (Å²) in [6, 6.07) is 5.14. The number of nitrogen functional groups attached to an aromatic ring is 1. The number of nitrogens with zero attached hydrogens (tertiary/aromatic N) is 1. The largest absolute Gasteiger partial charge is 0.465 e. The second kappa shape index (κ2) is 8.26. The zero-order valence-electron chi connectivity index (χ0n) is 12.7. The van der Waals surface area contributed by atoms with Crippen molar-refractivity contribution >= 4 is 17.6 Å². The highest BCUT2D eigenvalue weighted by molar-refractivity contribution is 5.98. The van der Waals surface area contributed by atoms with Crippen molar-refractivity contribution in [1.82, 2.24) is 4.90 Å². The maximum absolute atomic E-state index is 12.6. The minimum atomic E-state index is -0.441. The number of amides is 1. The lowest BCUT2D eigenvalue weighted by atomic mass is 10.1. The number of ether oxygens (including phenoxy) is 2. The standard InChI is InChI=1S/C15H22N2O4/c1-4-21-14(18)10-17(8-9-20-3)15(19)12-6-5-7-13(16)11(12)2/h5-7H,4,8-10,16H2,1-3H3. The zero-order chi connectivity index (χ0) is 15.8. The average Bonchev–Trinajstić information content (AvgIpc) is 2.46. The molecule has 1 rings (SSSR count). The van der Waals surface area contributed by atoms with Crippen LogP contribution in [0.2, 0.25) is 0 Å². The molecule has 0 spiro atoms. The predicted molar refractivity (Wildman–Crippen MR) is 80.0 cm³/mol. The molecule has 0 radical (unpaired) electrons. The average molecular weight is 294 g/mol. The smallest absolute Gasteiger partial charge is 0.325 e. The van der Waals surface area contributed by atoms with Gasteiger partial charge in [0, 0.05) is 24.9 Å². The summed E-state index contributed by atoms with van der Waals surface area (Å²) in [4.78, 5) is 25.6. The molecule has 6 nitrogen and oxygen atoms in total. The quantitative estimate of drug-likeness (QED) is 0.604. The van der Waals surface area contributed by atoms with Gasteiger partial charge in [0.25, 0.3) is 5.91 Å². The van der Waals surface area contributed by atoms with Crippen molar-refractivity contribution in [2.24, 2.45) is 0 Å². The Bertz CT molecular complexity index is 502. The van der Waals surface area contributed by atoms with Crippen molar-refractivity contribution in [3.8, 4) is 0 Å². The number of benzene rings is 1. The molecular formula is C15H22N2O4. The second-order valence-corrected chi connectivity index (χ2v) is 4.54. The fourth-order valence-electron chi connectivity index (χ4n) is 1.87. The molecule has 0 aliphatic heterocycles. The van der Waals surface area contributed by atoms with E-state index in [1.165, 1.54) is 4.90 Å². The second-order valence-electron chi connectivity index (χ2n) is 4.54. The Kier molecular flexibility index (Phi) is 6.68. The number of hydrogen-bond acceptors (Lipinski definition) is 5. The molecule has 0 bridgehead atoms. The van der Waals surface area contributed by atoms with Crippen LogP contribution >= 0.6 is 0 Å². The summed E-state index contributed by atoms with van der Waals surface area (Å²) in [5.74, 6) is -0.701. The van der Waals surface area contributed by atoms with Gasteiger partial charge in [-0.2, -0.15) is 0 Å². The molecule has 0 atom stereocenters. The number of anilines is 1. The van der Waals surface area contributed by atoms with E-state index in [0.29, 0.717) is 30.0 Å². The van der Waals surface area contributed by atoms with E-state index in [9.17, 15) is 9.59 Å². The van der Waals surface area contributed by atoms with Crippen LogP contribution in [0.3, 0.4) is 0 Å². The van der Waals surface area contributed by atoms with Gasteiger partial charge in [-0.05, 0) is 31.5 Å². The zero-order valence-corrected chi connectivity index (χ0v) is 12.7. The van der Waals surface area contributed by atoms with Crippen molar-refractivity contribution in [2.75, 3.05) is 39.1 Å². The van der Waals surface area contributed by atoms with Crippen LogP contribution in [0.15, 0.2) is 18.2 Å². The number of esters is 1. The molecule has 1 aromatic carbocycles. The monoisotopic (exact) mass is 294 g/mol. The topological polar surface area (TPSA) is 81.9 Å². The van der Waals surface area contributed by atoms with Crippen molar-refractivity contribution in [2.45, 2.75) is 13.8 Å². The Balaban J connectivity index is 2.93. The number of carbonyl (C=O) groups excluding carboxylic acids is 2. The molecule has 2 N–H and O–H groups in total. The third-order valence-corrected chi connectivity index (χ3v) is 3.08. The Morgan fingerprint density at radius 3 is 2.67 bits per heavy atom. The summed E-state index contributed by atoms with van der Waals surface area (Å²) in [7, 11) is 1.54. The van der Waals surface area contributed by atoms with Crippen molar-refractivity contribution in [3.63, 3.8) is 0 Å². The molecule has 1 amide bonds. The third kappa shape index (κ3) is 4.75. The van der Waals surface area contributed by atoms with Crippen LogP contribution in [0.5, 0.6) is 0 Å². The number of carbonyl (C=O) groups is 2. The van der Waals surface area contributed by atoms with E-state index in [1.807, 2.05) is 0 Å². The Morgan fingerprint density at radius 1 is 1.33 bits per heavy atom. The molecule has 21 heavy (non-hydrogen) atoms. The van der Waals surface area contributed by atoms with Crippen LogP contribution in [0.4, 0.5) is 5.69 Å². The van der Waals surface area contributed by atoms with Crippen molar-refractivity contribution < 1.29 is 19.1 Å². The van der Waals surface area contributed by atoms with Gasteiger partial charge in [0.15, 0.2) is 0 Å². The van der Waals surface area contributed by atoms with Gasteiger partial charge < -0.3 is 20.1 Å². The SMILES string of the molecule is CCOC(=O)CN(CCOC)C(=O)c1cccc(N)c1C. The van der Waals surface area contributed by atoms with Crippen molar-refractivity contribution in [1.29, 1.82) is 0 Å². The fourth-order valence-corrected chi connectivity index (χ4v) is 1.87. The molecule has 0 saturated heterocycles. The van der Waals surface area contributed by atoms with Crippen LogP contribution in [0.25, 0.3) is 0 Å². The highest BCUT2D eigenvalue weighted by Gasteiger charge is 2.21. The summed E-state index contributed by atoms with van der Waals surface area (Å²) in [6.07, 6.45) is 0. The van der Waals surface area contributed by atoms with E-state index in [-0.39, 0.29) is 19.1 Å². The Labute approximate surface area is 124 Å². The van der Waals surface area contributed by atoms with Gasteiger partial charge >= 0.3 is 5.97 Å². The van der Waals surface area contributed by atoms with E-state index in [0.717, 1.165) is 0 Å². The van der Waals surface area contributed by atoms with E-state index < -0.39 is 5.97 Å². The highest BCUT2D eigenvalue weighted by atomic mass is 16.5. The van der Waals surface area contributed by atoms with Gasteiger partial charge in [0.05, 0.1) is 13.2 Å². The van der Waals surface area contributed by atoms with Crippen LogP contribution in [-0.2, 0) is 14.3 Å². The van der Waals surface area contributed by atoms with Crippen LogP contribution < -0.4 is 5.73 Å². The number of nitrogens with two attached hydrogens (primary N) is 1. The Morgan fingerprint density at radius 2 is 2.05 bits per heavy atom. The Hall–Kier alpha value is -2.08. The van der Waals surface area contributed by atoms with Crippen molar-refractivity contribution in [3.05, 3.63) is 29.3 Å². The number of rotatable bonds is 7. The molecule has 0 unspecified atom stereocenters. The first-order chi connectivity index (χ1) is 10.0. The minimum Gasteiger partial charge on any atom is -0.465 e. The minimum absolute atomic E-state index is 0.107. The summed E-state index contributed by atoms with van der Waals surface area (Å²) in [5.41, 5.74) is 7.55. The van der Waals surface area contributed by atoms with Gasteiger partial charge in [0.1, 0.15) is 6.54 Å². The van der Waals surface area contributed by atoms with Crippen LogP contribution in [0, 0.1) is 6.92 Å². The van der Waals surface area contributed by atoms with E-state index in [1.54, 1.807) is 39.2 Å². The van der Waals surface area contributed by atoms with Crippen LogP contribution in [-0.4, -0.2) is 50.2 Å². The molecule has 0 fully saturated rings. The van der Waals surface area contributed by atoms with Gasteiger partial charge in [-0.15, -0.1) is 0 Å². The molecule has 116 valence electrons. The van der Waals surface area contributed by atoms with E-state index in [4.69, 9.17) is 15.2 Å². The lowest BCUT2D eigenvalue weighted by molar-refractivity contribution is -0.143. The summed E-state index contributed by atoms with van der Waals surface area (Å²) >= 11 is 0. The maximum atomic E-state index is 12.6. The summed E-state index contributed by atoms with van der Waals surface area (Å²) in [6.45, 7) is 4.32. The van der Waals surface area contributed by atoms with Gasteiger partial charge in [0.2, 0.25) is 0 Å². The van der Waals surface area contributed by atoms with Gasteiger partial charge in [-0.3, -0.25) is 9.59 Å². The molecule has 0 saturated carbocycles. The summed E-state index contributed by atoms with van der Waals surface area (Å²) in [5, 5.41) is 0.